The van der Waals surface area contributed by atoms with Crippen LogP contribution in [0.15, 0.2) is 133 Å². The van der Waals surface area contributed by atoms with Crippen LogP contribution in [0.2, 0.25) is 0 Å². The third-order valence-electron chi connectivity index (χ3n) is 19.3. The number of benzene rings is 6. The molecule has 2 heterocycles. The van der Waals surface area contributed by atoms with E-state index in [2.05, 4.69) is 69.4 Å². The molecule has 16 nitrogen and oxygen atoms in total. The number of amides is 2. The van der Waals surface area contributed by atoms with Gasteiger partial charge < -0.3 is 69.0 Å². The zero-order valence-corrected chi connectivity index (χ0v) is 69.5. The number of hydrogen-bond donors (Lipinski definition) is 6. The van der Waals surface area contributed by atoms with Gasteiger partial charge in [0.25, 0.3) is 0 Å². The molecular formula is C78H100N2O14S11. The SMILES string of the molecule is COc1ccc([C@@]23Oc4cc(OC)cc(OC)c4[C@]2(O)[C@H](O)[C@H](C(=O)NCCSCCSCCSCCSCCSCCSCCSCCSCCSCCSCCSCCNC(=O)[C@H]2[C@@H](O)[C@@]4(O)c5c(OC)cc(OC)cc5O[C@@]4(c4ccc(OC)cc4)[C@@H]2c2ccccc2)[C@H]3c2ccccc2)cc1. The number of rotatable bonds is 48. The van der Waals surface area contributed by atoms with Gasteiger partial charge in [0, 0.05) is 176 Å². The van der Waals surface area contributed by atoms with Gasteiger partial charge in [-0.2, -0.15) is 129 Å². The first-order valence-corrected chi connectivity index (χ1v) is 48.0. The van der Waals surface area contributed by atoms with Crippen LogP contribution in [-0.4, -0.2) is 227 Å². The van der Waals surface area contributed by atoms with Gasteiger partial charge in [-0.3, -0.25) is 9.59 Å². The molecule has 0 spiro atoms. The molecule has 572 valence electrons. The predicted molar refractivity (Wildman–Crippen MR) is 451 cm³/mol. The fourth-order valence-electron chi connectivity index (χ4n) is 14.6. The Morgan fingerprint density at radius 1 is 0.362 bits per heavy atom. The van der Waals surface area contributed by atoms with Crippen molar-refractivity contribution < 1.29 is 67.9 Å². The maximum absolute atomic E-state index is 14.5. The molecule has 0 radical (unpaired) electrons. The van der Waals surface area contributed by atoms with Crippen LogP contribution in [0, 0.1) is 11.8 Å². The van der Waals surface area contributed by atoms with Gasteiger partial charge in [0.05, 0.1) is 65.6 Å². The highest BCUT2D eigenvalue weighted by Gasteiger charge is 2.79. The predicted octanol–water partition coefficient (Wildman–Crippen LogP) is 13.2. The second-order valence-electron chi connectivity index (χ2n) is 25.1. The minimum absolute atomic E-state index is 0.270. The largest absolute Gasteiger partial charge is 0.497 e. The molecule has 0 bridgehead atoms. The monoisotopic (exact) mass is 1640 g/mol. The van der Waals surface area contributed by atoms with Gasteiger partial charge in [-0.1, -0.05) is 84.9 Å². The van der Waals surface area contributed by atoms with Gasteiger partial charge in [0.2, 0.25) is 11.8 Å². The number of hydrogen-bond acceptors (Lipinski definition) is 25. The van der Waals surface area contributed by atoms with E-state index in [9.17, 15) is 30.0 Å². The highest BCUT2D eigenvalue weighted by Crippen LogP contribution is 2.72. The van der Waals surface area contributed by atoms with Gasteiger partial charge in [-0.25, -0.2) is 0 Å². The van der Waals surface area contributed by atoms with Gasteiger partial charge in [0.15, 0.2) is 22.4 Å². The van der Waals surface area contributed by atoms with Crippen LogP contribution in [0.3, 0.4) is 0 Å². The first kappa shape index (κ1) is 83.8. The van der Waals surface area contributed by atoms with Crippen LogP contribution in [0.5, 0.6) is 46.0 Å². The van der Waals surface area contributed by atoms with E-state index in [0.29, 0.717) is 58.7 Å². The molecule has 6 aromatic rings. The Balaban J connectivity index is 0.499. The third kappa shape index (κ3) is 19.3. The van der Waals surface area contributed by atoms with Gasteiger partial charge in [0.1, 0.15) is 58.2 Å². The van der Waals surface area contributed by atoms with Crippen molar-refractivity contribution in [3.05, 3.63) is 167 Å². The van der Waals surface area contributed by atoms with E-state index >= 15 is 0 Å². The molecule has 2 amide bonds. The summed E-state index contributed by atoms with van der Waals surface area (Å²) in [6, 6.07) is 40.2. The van der Waals surface area contributed by atoms with E-state index in [0.717, 1.165) is 68.7 Å². The first-order chi connectivity index (χ1) is 51.3. The molecule has 0 aromatic heterocycles. The number of aliphatic hydroxyl groups excluding tert-OH is 2. The van der Waals surface area contributed by atoms with Crippen LogP contribution < -0.4 is 48.5 Å². The van der Waals surface area contributed by atoms with Gasteiger partial charge >= 0.3 is 0 Å². The summed E-state index contributed by atoms with van der Waals surface area (Å²) in [5.74, 6) is 23.5. The molecule has 10 atom stereocenters. The van der Waals surface area contributed by atoms with Crippen molar-refractivity contribution in [1.82, 2.24) is 10.6 Å². The number of carbonyl (C=O) groups is 2. The highest BCUT2D eigenvalue weighted by molar-refractivity contribution is 8.07. The Kier molecular flexibility index (Phi) is 33.6. The normalized spacial score (nSPS) is 23.1. The van der Waals surface area contributed by atoms with Crippen molar-refractivity contribution in [2.24, 2.45) is 11.8 Å². The van der Waals surface area contributed by atoms with E-state index < -0.39 is 58.3 Å². The van der Waals surface area contributed by atoms with Gasteiger partial charge in [-0.05, 0) is 46.5 Å². The lowest BCUT2D eigenvalue weighted by atomic mass is 9.70. The van der Waals surface area contributed by atoms with Crippen molar-refractivity contribution in [2.45, 2.75) is 46.4 Å². The molecule has 2 fully saturated rings. The average molecular weight is 1640 g/mol. The molecule has 2 aliphatic carbocycles. The summed E-state index contributed by atoms with van der Waals surface area (Å²) in [5, 5.41) is 57.7. The van der Waals surface area contributed by atoms with Gasteiger partial charge in [-0.15, -0.1) is 0 Å². The molecular weight excluding hydrogens is 1540 g/mol. The Labute approximate surface area is 667 Å². The summed E-state index contributed by atoms with van der Waals surface area (Å²) in [6.45, 7) is 0.839. The van der Waals surface area contributed by atoms with Crippen LogP contribution >= 0.6 is 129 Å². The minimum Gasteiger partial charge on any atom is -0.497 e. The van der Waals surface area contributed by atoms with Crippen LogP contribution in [0.1, 0.15) is 45.2 Å². The summed E-state index contributed by atoms with van der Waals surface area (Å²) in [4.78, 5) is 29.0. The number of methoxy groups -OCH3 is 6. The fraction of sp³-hybridized carbons (Fsp3) is 0.513. The van der Waals surface area contributed by atoms with Crippen LogP contribution in [-0.2, 0) is 32.0 Å². The molecule has 2 saturated carbocycles. The topological polar surface area (TPSA) is 213 Å². The molecule has 0 unspecified atom stereocenters. The Hall–Kier alpha value is -3.65. The van der Waals surface area contributed by atoms with E-state index in [1.807, 2.05) is 132 Å². The first-order valence-electron chi connectivity index (χ1n) is 35.3. The van der Waals surface area contributed by atoms with E-state index in [4.69, 9.17) is 37.9 Å². The van der Waals surface area contributed by atoms with Crippen molar-refractivity contribution in [3.8, 4) is 46.0 Å². The molecule has 2 aliphatic heterocycles. The summed E-state index contributed by atoms with van der Waals surface area (Å²) in [6.07, 6.45) is -3.15. The number of fused-ring (bicyclic) bond motifs is 6. The lowest BCUT2D eigenvalue weighted by Crippen LogP contribution is -2.52. The molecule has 10 rings (SSSR count). The minimum atomic E-state index is -2.10. The zero-order valence-electron chi connectivity index (χ0n) is 60.5. The zero-order chi connectivity index (χ0) is 74.1. The standard InChI is InChI=1S/C78H100N2O14S11/c1-87-57-21-17-55(18-22-57)77-67(53-13-9-7-10-14-53)65(71(81)75(77,85)69-61(91-5)49-59(89-3)51-63(69)93-77)73(83)79-25-27-95-29-31-97-33-35-99-37-39-101-41-43-103-45-47-105-48-46-104-44-42-102-40-38-100-36-34-98-32-30-96-28-26-80-74(84)66-68(54-15-11-8-12-16-54)78(56-19-23-58(88-2)24-20-56)76(86,72(66)82)70-62(92-6)50-60(90-4)52-64(70)94-78/h7-24,49-52,65-68,71-72,81-82,85-86H,25-48H2,1-6H3,(H,79,83)(H,80,84)/t65-,66-,67-,68-,71-,72-,75+,76+,77+,78+/m1/s1. The van der Waals surface area contributed by atoms with Crippen molar-refractivity contribution in [3.63, 3.8) is 0 Å². The van der Waals surface area contributed by atoms with E-state index in [-0.39, 0.29) is 34.4 Å². The molecule has 27 heteroatoms. The number of aliphatic hydroxyl groups is 4. The highest BCUT2D eigenvalue weighted by atomic mass is 32.2. The van der Waals surface area contributed by atoms with Crippen LogP contribution in [0.25, 0.3) is 0 Å². The smallest absolute Gasteiger partial charge is 0.226 e. The maximum atomic E-state index is 14.5. The van der Waals surface area contributed by atoms with Crippen LogP contribution in [0.4, 0.5) is 0 Å². The number of ether oxygens (including phenoxy) is 8. The summed E-state index contributed by atoms with van der Waals surface area (Å²) in [5.41, 5.74) is -4.29. The quantitative estimate of drug-likeness (QED) is 0.0196. The maximum Gasteiger partial charge on any atom is 0.226 e. The molecule has 0 saturated heterocycles. The van der Waals surface area contributed by atoms with Crippen molar-refractivity contribution in [1.29, 1.82) is 0 Å². The Bertz CT molecular complexity index is 3430. The lowest BCUT2D eigenvalue weighted by Gasteiger charge is -2.40. The molecule has 4 aliphatic rings. The number of carbonyl (C=O) groups excluding carboxylic acids is 2. The van der Waals surface area contributed by atoms with E-state index in [1.165, 1.54) is 83.3 Å². The summed E-state index contributed by atoms with van der Waals surface area (Å²) >= 11 is 22.1. The van der Waals surface area contributed by atoms with Crippen molar-refractivity contribution in [2.75, 3.05) is 182 Å². The Morgan fingerprint density at radius 2 is 0.629 bits per heavy atom. The molecule has 6 N–H and O–H groups in total. The second kappa shape index (κ2) is 42.1. The number of nitrogens with one attached hydrogen (secondary N) is 2. The lowest BCUT2D eigenvalue weighted by molar-refractivity contribution is -0.154. The second-order valence-corrected chi connectivity index (χ2v) is 38.6. The Morgan fingerprint density at radius 3 is 0.886 bits per heavy atom. The molecule has 6 aromatic carbocycles. The van der Waals surface area contributed by atoms with Crippen molar-refractivity contribution >= 4 is 141 Å². The van der Waals surface area contributed by atoms with E-state index in [1.54, 1.807) is 100 Å². The average Bonchev–Trinajstić information content (AvgIpc) is 1.50. The number of thioether (sulfide) groups is 11. The third-order valence-corrected chi connectivity index (χ3v) is 32.8. The summed E-state index contributed by atoms with van der Waals surface area (Å²) < 4.78 is 47.7. The fourth-order valence-corrected chi connectivity index (χ4v) is 26.8. The summed E-state index contributed by atoms with van der Waals surface area (Å²) in [7, 11) is 9.26. The molecule has 105 heavy (non-hydrogen) atoms.